The fourth-order valence-electron chi connectivity index (χ4n) is 2.20. The molecule has 0 aliphatic carbocycles. The van der Waals surface area contributed by atoms with E-state index >= 15 is 0 Å². The van der Waals surface area contributed by atoms with E-state index in [0.717, 1.165) is 18.4 Å². The molecule has 0 saturated carbocycles. The van der Waals surface area contributed by atoms with Crippen molar-refractivity contribution in [3.8, 4) is 0 Å². The Morgan fingerprint density at radius 2 is 1.79 bits per heavy atom. The van der Waals surface area contributed by atoms with Crippen LogP contribution in [0, 0.1) is 6.92 Å². The summed E-state index contributed by atoms with van der Waals surface area (Å²) in [5, 5.41) is 1.20. The maximum absolute atomic E-state index is 6.21. The topological polar surface area (TPSA) is 26.0 Å². The Morgan fingerprint density at radius 3 is 2.53 bits per heavy atom. The van der Waals surface area contributed by atoms with E-state index in [2.05, 4.69) is 31.2 Å². The van der Waals surface area contributed by atoms with Gasteiger partial charge in [0.05, 0.1) is 10.0 Å². The van der Waals surface area contributed by atoms with Gasteiger partial charge in [-0.1, -0.05) is 65.2 Å². The van der Waals surface area contributed by atoms with Crippen LogP contribution in [0.15, 0.2) is 42.5 Å². The summed E-state index contributed by atoms with van der Waals surface area (Å²) in [6, 6.07) is 14.1. The SMILES string of the molecule is Cc1cccc(CC(N)Cc2cccc(Cl)c2Cl)c1. The molecule has 0 aliphatic heterocycles. The monoisotopic (exact) mass is 293 g/mol. The van der Waals surface area contributed by atoms with Gasteiger partial charge in [-0.25, -0.2) is 0 Å². The number of aryl methyl sites for hydroxylation is 1. The summed E-state index contributed by atoms with van der Waals surface area (Å²) in [6.45, 7) is 2.09. The van der Waals surface area contributed by atoms with E-state index in [1.807, 2.05) is 12.1 Å². The zero-order valence-electron chi connectivity index (χ0n) is 10.9. The molecule has 19 heavy (non-hydrogen) atoms. The third kappa shape index (κ3) is 3.97. The van der Waals surface area contributed by atoms with E-state index in [1.165, 1.54) is 11.1 Å². The maximum atomic E-state index is 6.21. The van der Waals surface area contributed by atoms with Crippen LogP contribution in [0.2, 0.25) is 10.0 Å². The van der Waals surface area contributed by atoms with Crippen molar-refractivity contribution in [1.82, 2.24) is 0 Å². The normalized spacial score (nSPS) is 12.4. The molecule has 0 fully saturated rings. The van der Waals surface area contributed by atoms with Gasteiger partial charge in [-0.3, -0.25) is 0 Å². The third-order valence-corrected chi connectivity index (χ3v) is 3.95. The summed E-state index contributed by atoms with van der Waals surface area (Å²) < 4.78 is 0. The Balaban J connectivity index is 2.05. The molecule has 0 amide bonds. The van der Waals surface area contributed by atoms with E-state index in [9.17, 15) is 0 Å². The molecule has 0 bridgehead atoms. The van der Waals surface area contributed by atoms with Crippen molar-refractivity contribution in [3.05, 3.63) is 69.2 Å². The second kappa shape index (κ2) is 6.42. The molecule has 0 spiro atoms. The molecule has 2 rings (SSSR count). The van der Waals surface area contributed by atoms with Crippen molar-refractivity contribution in [2.45, 2.75) is 25.8 Å². The first-order valence-electron chi connectivity index (χ1n) is 6.30. The molecule has 0 aliphatic rings. The fourth-order valence-corrected chi connectivity index (χ4v) is 2.60. The Morgan fingerprint density at radius 1 is 1.05 bits per heavy atom. The van der Waals surface area contributed by atoms with Gasteiger partial charge in [0.1, 0.15) is 0 Å². The minimum Gasteiger partial charge on any atom is -0.327 e. The number of halogens is 2. The molecule has 100 valence electrons. The highest BCUT2D eigenvalue weighted by molar-refractivity contribution is 6.42. The van der Waals surface area contributed by atoms with Gasteiger partial charge in [0.25, 0.3) is 0 Å². The van der Waals surface area contributed by atoms with Gasteiger partial charge in [0.2, 0.25) is 0 Å². The van der Waals surface area contributed by atoms with Crippen LogP contribution in [0.4, 0.5) is 0 Å². The molecule has 0 radical (unpaired) electrons. The number of hydrogen-bond acceptors (Lipinski definition) is 1. The number of benzene rings is 2. The predicted octanol–water partition coefficient (Wildman–Crippen LogP) is 4.41. The van der Waals surface area contributed by atoms with Crippen molar-refractivity contribution in [3.63, 3.8) is 0 Å². The molecule has 2 aromatic carbocycles. The average molecular weight is 294 g/mol. The van der Waals surface area contributed by atoms with Crippen molar-refractivity contribution < 1.29 is 0 Å². The van der Waals surface area contributed by atoms with Crippen molar-refractivity contribution in [2.24, 2.45) is 5.73 Å². The Hall–Kier alpha value is -1.02. The van der Waals surface area contributed by atoms with Crippen LogP contribution in [0.1, 0.15) is 16.7 Å². The lowest BCUT2D eigenvalue weighted by Gasteiger charge is -2.13. The number of hydrogen-bond donors (Lipinski definition) is 1. The number of nitrogens with two attached hydrogens (primary N) is 1. The molecule has 2 N–H and O–H groups in total. The molecular formula is C16H17Cl2N. The van der Waals surface area contributed by atoms with Gasteiger partial charge in [0, 0.05) is 6.04 Å². The van der Waals surface area contributed by atoms with Crippen LogP contribution in [0.3, 0.4) is 0 Å². The Labute approximate surface area is 124 Å². The van der Waals surface area contributed by atoms with E-state index in [4.69, 9.17) is 28.9 Å². The van der Waals surface area contributed by atoms with Crippen molar-refractivity contribution in [2.75, 3.05) is 0 Å². The Kier molecular flexibility index (Phi) is 4.87. The summed E-state index contributed by atoms with van der Waals surface area (Å²) in [7, 11) is 0. The van der Waals surface area contributed by atoms with Gasteiger partial charge < -0.3 is 5.73 Å². The molecule has 1 atom stereocenters. The first kappa shape index (κ1) is 14.4. The standard InChI is InChI=1S/C16H17Cl2N/c1-11-4-2-5-12(8-11)9-14(19)10-13-6-3-7-15(17)16(13)18/h2-8,14H,9-10,19H2,1H3. The maximum Gasteiger partial charge on any atom is 0.0624 e. The van der Waals surface area contributed by atoms with E-state index in [-0.39, 0.29) is 6.04 Å². The lowest BCUT2D eigenvalue weighted by molar-refractivity contribution is 0.665. The summed E-state index contributed by atoms with van der Waals surface area (Å²) in [6.07, 6.45) is 1.57. The highest BCUT2D eigenvalue weighted by Crippen LogP contribution is 2.26. The van der Waals surface area contributed by atoms with Crippen LogP contribution in [0.5, 0.6) is 0 Å². The second-order valence-corrected chi connectivity index (χ2v) is 5.66. The summed E-state index contributed by atoms with van der Waals surface area (Å²) in [5.74, 6) is 0. The van der Waals surface area contributed by atoms with Crippen LogP contribution in [-0.4, -0.2) is 6.04 Å². The first-order chi connectivity index (χ1) is 9.06. The summed E-state index contributed by atoms with van der Waals surface area (Å²) >= 11 is 12.2. The predicted molar refractivity (Wildman–Crippen MR) is 83.0 cm³/mol. The quantitative estimate of drug-likeness (QED) is 0.887. The lowest BCUT2D eigenvalue weighted by atomic mass is 9.99. The number of rotatable bonds is 4. The van der Waals surface area contributed by atoms with Gasteiger partial charge in [-0.05, 0) is 37.0 Å². The molecule has 0 heterocycles. The molecule has 0 aromatic heterocycles. The molecule has 1 unspecified atom stereocenters. The summed E-state index contributed by atoms with van der Waals surface area (Å²) in [4.78, 5) is 0. The van der Waals surface area contributed by atoms with E-state index < -0.39 is 0 Å². The van der Waals surface area contributed by atoms with E-state index in [1.54, 1.807) is 6.07 Å². The average Bonchev–Trinajstić information content (AvgIpc) is 2.35. The highest BCUT2D eigenvalue weighted by Gasteiger charge is 2.10. The van der Waals surface area contributed by atoms with Crippen LogP contribution < -0.4 is 5.73 Å². The molecule has 0 saturated heterocycles. The van der Waals surface area contributed by atoms with E-state index in [0.29, 0.717) is 10.0 Å². The molecule has 3 heteroatoms. The van der Waals surface area contributed by atoms with Gasteiger partial charge >= 0.3 is 0 Å². The largest absolute Gasteiger partial charge is 0.327 e. The zero-order chi connectivity index (χ0) is 13.8. The fraction of sp³-hybridized carbons (Fsp3) is 0.250. The lowest BCUT2D eigenvalue weighted by Crippen LogP contribution is -2.25. The Bertz CT molecular complexity index is 566. The van der Waals surface area contributed by atoms with Crippen molar-refractivity contribution in [1.29, 1.82) is 0 Å². The molecule has 2 aromatic rings. The zero-order valence-corrected chi connectivity index (χ0v) is 12.4. The molecule has 1 nitrogen and oxygen atoms in total. The van der Waals surface area contributed by atoms with Crippen LogP contribution in [0.25, 0.3) is 0 Å². The van der Waals surface area contributed by atoms with Crippen LogP contribution in [-0.2, 0) is 12.8 Å². The minimum atomic E-state index is 0.0396. The smallest absolute Gasteiger partial charge is 0.0624 e. The third-order valence-electron chi connectivity index (χ3n) is 3.09. The van der Waals surface area contributed by atoms with Gasteiger partial charge in [-0.15, -0.1) is 0 Å². The highest BCUT2D eigenvalue weighted by atomic mass is 35.5. The minimum absolute atomic E-state index is 0.0396. The first-order valence-corrected chi connectivity index (χ1v) is 7.06. The molecular weight excluding hydrogens is 277 g/mol. The van der Waals surface area contributed by atoms with Gasteiger partial charge in [0.15, 0.2) is 0 Å². The van der Waals surface area contributed by atoms with Crippen molar-refractivity contribution >= 4 is 23.2 Å². The summed E-state index contributed by atoms with van der Waals surface area (Å²) in [5.41, 5.74) is 9.72. The second-order valence-electron chi connectivity index (χ2n) is 4.87. The van der Waals surface area contributed by atoms with Gasteiger partial charge in [-0.2, -0.15) is 0 Å². The van der Waals surface area contributed by atoms with Crippen LogP contribution >= 0.6 is 23.2 Å².